The van der Waals surface area contributed by atoms with Crippen molar-refractivity contribution in [1.82, 2.24) is 14.5 Å². The maximum Gasteiger partial charge on any atom is 0.244 e. The quantitative estimate of drug-likeness (QED) is 0.860. The molecule has 0 spiro atoms. The van der Waals surface area contributed by atoms with E-state index in [0.717, 1.165) is 24.5 Å². The van der Waals surface area contributed by atoms with Gasteiger partial charge in [0.15, 0.2) is 0 Å². The van der Waals surface area contributed by atoms with Crippen molar-refractivity contribution < 1.29 is 8.42 Å². The molecule has 2 heterocycles. The lowest BCUT2D eigenvalue weighted by atomic mass is 10.2. The molecule has 1 unspecified atom stereocenters. The number of nitrogens with zero attached hydrogens (tertiary/aromatic N) is 2. The van der Waals surface area contributed by atoms with Gasteiger partial charge in [-0.2, -0.15) is 4.31 Å². The number of thiophene rings is 1. The van der Waals surface area contributed by atoms with Gasteiger partial charge in [-0.3, -0.25) is 4.90 Å². The van der Waals surface area contributed by atoms with Crippen LogP contribution in [0.5, 0.6) is 0 Å². The zero-order chi connectivity index (χ0) is 15.5. The van der Waals surface area contributed by atoms with Gasteiger partial charge in [0.25, 0.3) is 0 Å². The molecule has 0 amide bonds. The van der Waals surface area contributed by atoms with Crippen LogP contribution >= 0.6 is 11.3 Å². The molecule has 0 aliphatic carbocycles. The van der Waals surface area contributed by atoms with Crippen LogP contribution in [0.15, 0.2) is 16.3 Å². The first-order chi connectivity index (χ1) is 10.0. The largest absolute Gasteiger partial charge is 0.312 e. The van der Waals surface area contributed by atoms with Gasteiger partial charge in [-0.25, -0.2) is 8.42 Å². The summed E-state index contributed by atoms with van der Waals surface area (Å²) < 4.78 is 27.4. The lowest BCUT2D eigenvalue weighted by Gasteiger charge is -2.38. The molecule has 0 aromatic carbocycles. The first-order valence-corrected chi connectivity index (χ1v) is 9.84. The minimum atomic E-state index is -3.37. The molecule has 0 saturated carbocycles. The SMILES string of the molecule is CCNCc1sccc1S(=O)(=O)N1CCN(CC)C(C)C1. The van der Waals surface area contributed by atoms with Crippen LogP contribution in [0.1, 0.15) is 25.6 Å². The molecular formula is C14H25N3O2S2. The average molecular weight is 332 g/mol. The topological polar surface area (TPSA) is 52.7 Å². The van der Waals surface area contributed by atoms with Crippen molar-refractivity contribution >= 4 is 21.4 Å². The molecule has 1 aromatic heterocycles. The van der Waals surface area contributed by atoms with E-state index in [1.54, 1.807) is 10.4 Å². The van der Waals surface area contributed by atoms with E-state index in [1.165, 1.54) is 11.3 Å². The fourth-order valence-corrected chi connectivity index (χ4v) is 5.61. The van der Waals surface area contributed by atoms with Crippen LogP contribution in [0.3, 0.4) is 0 Å². The van der Waals surface area contributed by atoms with E-state index in [2.05, 4.69) is 24.1 Å². The number of sulfonamides is 1. The lowest BCUT2D eigenvalue weighted by molar-refractivity contribution is 0.135. The van der Waals surface area contributed by atoms with Crippen LogP contribution in [0.25, 0.3) is 0 Å². The first kappa shape index (κ1) is 16.9. The highest BCUT2D eigenvalue weighted by molar-refractivity contribution is 7.89. The molecule has 1 saturated heterocycles. The second-order valence-electron chi connectivity index (χ2n) is 5.33. The Morgan fingerprint density at radius 3 is 2.76 bits per heavy atom. The normalized spacial score (nSPS) is 21.8. The molecule has 7 heteroatoms. The van der Waals surface area contributed by atoms with E-state index in [4.69, 9.17) is 0 Å². The van der Waals surface area contributed by atoms with Crippen molar-refractivity contribution in [1.29, 1.82) is 0 Å². The summed E-state index contributed by atoms with van der Waals surface area (Å²) in [6, 6.07) is 2.01. The molecule has 1 N–H and O–H groups in total. The maximum absolute atomic E-state index is 12.9. The Hall–Kier alpha value is -0.470. The van der Waals surface area contributed by atoms with Gasteiger partial charge in [-0.1, -0.05) is 13.8 Å². The Morgan fingerprint density at radius 1 is 1.38 bits per heavy atom. The standard InChI is InChI=1S/C14H25N3O2S2/c1-4-15-10-13-14(6-9-20-13)21(18,19)17-8-7-16(5-2)12(3)11-17/h6,9,12,15H,4-5,7-8,10-11H2,1-3H3. The van der Waals surface area contributed by atoms with E-state index in [-0.39, 0.29) is 6.04 Å². The molecule has 1 fully saturated rings. The van der Waals surface area contributed by atoms with Gasteiger partial charge in [0.1, 0.15) is 0 Å². The summed E-state index contributed by atoms with van der Waals surface area (Å²) in [5.41, 5.74) is 0. The Kier molecular flexibility index (Phi) is 5.79. The second kappa shape index (κ2) is 7.19. The van der Waals surface area contributed by atoms with Crippen LogP contribution in [0, 0.1) is 0 Å². The monoisotopic (exact) mass is 331 g/mol. The molecule has 1 atom stereocenters. The van der Waals surface area contributed by atoms with Crippen LogP contribution in [-0.2, 0) is 16.6 Å². The van der Waals surface area contributed by atoms with Gasteiger partial charge in [0, 0.05) is 37.1 Å². The summed E-state index contributed by atoms with van der Waals surface area (Å²) in [4.78, 5) is 3.70. The molecule has 0 bridgehead atoms. The molecule has 120 valence electrons. The van der Waals surface area contributed by atoms with Crippen molar-refractivity contribution in [2.75, 3.05) is 32.7 Å². The molecule has 5 nitrogen and oxygen atoms in total. The summed E-state index contributed by atoms with van der Waals surface area (Å²) in [6.45, 7) is 10.6. The zero-order valence-corrected chi connectivity index (χ0v) is 14.6. The summed E-state index contributed by atoms with van der Waals surface area (Å²) in [7, 11) is -3.37. The number of piperazine rings is 1. The molecule has 1 aliphatic rings. The Balaban J connectivity index is 2.17. The van der Waals surface area contributed by atoms with Crippen molar-refractivity contribution in [3.8, 4) is 0 Å². The average Bonchev–Trinajstić information content (AvgIpc) is 2.94. The van der Waals surface area contributed by atoms with E-state index in [0.29, 0.717) is 24.5 Å². The van der Waals surface area contributed by atoms with Crippen LogP contribution in [0.4, 0.5) is 0 Å². The van der Waals surface area contributed by atoms with E-state index < -0.39 is 10.0 Å². The van der Waals surface area contributed by atoms with Crippen molar-refractivity contribution in [2.24, 2.45) is 0 Å². The summed E-state index contributed by atoms with van der Waals surface area (Å²) in [5, 5.41) is 5.08. The highest BCUT2D eigenvalue weighted by Crippen LogP contribution is 2.26. The minimum Gasteiger partial charge on any atom is -0.312 e. The van der Waals surface area contributed by atoms with E-state index >= 15 is 0 Å². The summed E-state index contributed by atoms with van der Waals surface area (Å²) >= 11 is 1.51. The van der Waals surface area contributed by atoms with E-state index in [9.17, 15) is 8.42 Å². The van der Waals surface area contributed by atoms with Crippen molar-refractivity contribution in [3.05, 3.63) is 16.3 Å². The van der Waals surface area contributed by atoms with Gasteiger partial charge in [-0.05, 0) is 31.5 Å². The zero-order valence-electron chi connectivity index (χ0n) is 13.0. The highest BCUT2D eigenvalue weighted by atomic mass is 32.2. The third-order valence-corrected chi connectivity index (χ3v) is 6.99. The predicted molar refractivity (Wildman–Crippen MR) is 87.2 cm³/mol. The van der Waals surface area contributed by atoms with Crippen LogP contribution < -0.4 is 5.32 Å². The van der Waals surface area contributed by atoms with E-state index in [1.807, 2.05) is 12.3 Å². The molecule has 1 aliphatic heterocycles. The Morgan fingerprint density at radius 2 is 2.14 bits per heavy atom. The van der Waals surface area contributed by atoms with Crippen LogP contribution in [-0.4, -0.2) is 56.4 Å². The van der Waals surface area contributed by atoms with Gasteiger partial charge < -0.3 is 5.32 Å². The maximum atomic E-state index is 12.9. The molecule has 0 radical (unpaired) electrons. The van der Waals surface area contributed by atoms with Crippen molar-refractivity contribution in [2.45, 2.75) is 38.3 Å². The second-order valence-corrected chi connectivity index (χ2v) is 8.24. The first-order valence-electron chi connectivity index (χ1n) is 7.52. The fourth-order valence-electron chi connectivity index (χ4n) is 2.72. The molecular weight excluding hydrogens is 306 g/mol. The molecule has 21 heavy (non-hydrogen) atoms. The number of hydrogen-bond donors (Lipinski definition) is 1. The number of likely N-dealkylation sites (N-methyl/N-ethyl adjacent to an activating group) is 1. The number of rotatable bonds is 6. The summed E-state index contributed by atoms with van der Waals surface area (Å²) in [6.07, 6.45) is 0. The number of nitrogens with one attached hydrogen (secondary N) is 1. The van der Waals surface area contributed by atoms with Gasteiger partial charge in [0.05, 0.1) is 4.90 Å². The lowest BCUT2D eigenvalue weighted by Crippen LogP contribution is -2.53. The fraction of sp³-hybridized carbons (Fsp3) is 0.714. The van der Waals surface area contributed by atoms with Crippen molar-refractivity contribution in [3.63, 3.8) is 0 Å². The predicted octanol–water partition coefficient (Wildman–Crippen LogP) is 1.57. The molecule has 1 aromatic rings. The van der Waals surface area contributed by atoms with Gasteiger partial charge in [0.2, 0.25) is 10.0 Å². The van der Waals surface area contributed by atoms with Gasteiger partial charge in [-0.15, -0.1) is 11.3 Å². The smallest absolute Gasteiger partial charge is 0.244 e. The number of hydrogen-bond acceptors (Lipinski definition) is 5. The Bertz CT molecular complexity index is 556. The molecule has 2 rings (SSSR count). The third-order valence-electron chi connectivity index (χ3n) is 3.99. The Labute approximate surface area is 132 Å². The summed E-state index contributed by atoms with van der Waals surface area (Å²) in [5.74, 6) is 0. The van der Waals surface area contributed by atoms with Crippen LogP contribution in [0.2, 0.25) is 0 Å². The highest BCUT2D eigenvalue weighted by Gasteiger charge is 2.33. The minimum absolute atomic E-state index is 0.273. The van der Waals surface area contributed by atoms with Gasteiger partial charge >= 0.3 is 0 Å². The third kappa shape index (κ3) is 3.65.